The third-order valence-electron chi connectivity index (χ3n) is 7.05. The number of ether oxygens (including phenoxy) is 1. The fourth-order valence-corrected chi connectivity index (χ4v) is 5.45. The summed E-state index contributed by atoms with van der Waals surface area (Å²) in [6.07, 6.45) is 10.5. The van der Waals surface area contributed by atoms with Crippen molar-refractivity contribution in [2.45, 2.75) is 88.4 Å². The minimum absolute atomic E-state index is 0.103. The van der Waals surface area contributed by atoms with Crippen molar-refractivity contribution >= 4 is 5.97 Å². The van der Waals surface area contributed by atoms with Crippen molar-refractivity contribution in [3.8, 4) is 11.8 Å². The summed E-state index contributed by atoms with van der Waals surface area (Å²) >= 11 is 0. The van der Waals surface area contributed by atoms with E-state index in [4.69, 9.17) is 9.84 Å². The van der Waals surface area contributed by atoms with Crippen LogP contribution in [-0.2, 0) is 9.53 Å². The van der Waals surface area contributed by atoms with Gasteiger partial charge in [0.2, 0.25) is 0 Å². The molecule has 0 spiro atoms. The fraction of sp³-hybridized carbons (Fsp3) is 0.783. The molecule has 0 amide bonds. The molecule has 0 unspecified atom stereocenters. The van der Waals surface area contributed by atoms with Gasteiger partial charge in [0.05, 0.1) is 17.6 Å². The summed E-state index contributed by atoms with van der Waals surface area (Å²) < 4.78 is 5.90. The normalized spacial score (nSPS) is 35.4. The lowest BCUT2D eigenvalue weighted by Crippen LogP contribution is -2.59. The first kappa shape index (κ1) is 21.4. The molecular weight excluding hydrogens is 356 g/mol. The molecule has 0 aromatic rings. The van der Waals surface area contributed by atoms with Gasteiger partial charge in [0.15, 0.2) is 0 Å². The predicted molar refractivity (Wildman–Crippen MR) is 107 cm³/mol. The van der Waals surface area contributed by atoms with Crippen LogP contribution >= 0.6 is 0 Å². The Morgan fingerprint density at radius 1 is 1.32 bits per heavy atom. The zero-order valence-corrected chi connectivity index (χ0v) is 16.9. The van der Waals surface area contributed by atoms with E-state index in [9.17, 15) is 15.0 Å². The molecule has 5 atom stereocenters. The molecule has 5 heteroatoms. The molecule has 0 radical (unpaired) electrons. The third-order valence-corrected chi connectivity index (χ3v) is 7.05. The second kappa shape index (κ2) is 9.43. The number of rotatable bonds is 6. The van der Waals surface area contributed by atoms with Gasteiger partial charge in [0, 0.05) is 19.4 Å². The molecule has 3 fully saturated rings. The summed E-state index contributed by atoms with van der Waals surface area (Å²) in [6, 6.07) is 0. The second-order valence-corrected chi connectivity index (χ2v) is 8.74. The van der Waals surface area contributed by atoms with Crippen LogP contribution in [0, 0.1) is 29.6 Å². The largest absolute Gasteiger partial charge is 0.481 e. The maximum absolute atomic E-state index is 10.8. The van der Waals surface area contributed by atoms with Crippen LogP contribution in [0.3, 0.4) is 0 Å². The Kier molecular flexibility index (Phi) is 7.20. The molecule has 156 valence electrons. The average Bonchev–Trinajstić information content (AvgIpc) is 2.66. The van der Waals surface area contributed by atoms with Crippen molar-refractivity contribution in [3.63, 3.8) is 0 Å². The van der Waals surface area contributed by atoms with Crippen molar-refractivity contribution in [1.29, 1.82) is 0 Å². The Labute approximate surface area is 168 Å². The van der Waals surface area contributed by atoms with Gasteiger partial charge in [-0.1, -0.05) is 50.0 Å². The molecule has 0 aromatic carbocycles. The highest BCUT2D eigenvalue weighted by molar-refractivity contribution is 5.66. The predicted octanol–water partition coefficient (Wildman–Crippen LogP) is 3.29. The summed E-state index contributed by atoms with van der Waals surface area (Å²) in [4.78, 5) is 10.8. The number of hydrogen-bond donors (Lipinski definition) is 3. The summed E-state index contributed by atoms with van der Waals surface area (Å²) in [5.74, 6) is 5.89. The van der Waals surface area contributed by atoms with E-state index < -0.39 is 23.8 Å². The monoisotopic (exact) mass is 390 g/mol. The number of aliphatic hydroxyl groups excluding tert-OH is 2. The van der Waals surface area contributed by atoms with Gasteiger partial charge in [-0.15, -0.1) is 0 Å². The first-order valence-electron chi connectivity index (χ1n) is 10.8. The van der Waals surface area contributed by atoms with E-state index in [1.807, 2.05) is 6.08 Å². The van der Waals surface area contributed by atoms with Crippen LogP contribution in [0.25, 0.3) is 0 Å². The van der Waals surface area contributed by atoms with Crippen LogP contribution in [0.15, 0.2) is 11.6 Å². The number of methoxy groups -OCH3 is 1. The molecule has 3 rings (SSSR count). The first-order chi connectivity index (χ1) is 13.5. The lowest BCUT2D eigenvalue weighted by Gasteiger charge is -2.57. The molecule has 3 N–H and O–H groups in total. The van der Waals surface area contributed by atoms with Crippen LogP contribution in [0.4, 0.5) is 0 Å². The number of carboxylic acid groups (broad SMARTS) is 1. The molecule has 0 bridgehead atoms. The standard InChI is InChI=1S/C23H34O5/c1-28-23-13-12-21(25)19(20(23)15-17(23)8-5-9-22(26)27)11-10-18(24)14-16-6-3-2-4-7-16/h8,16,18-21,24-25H,2-7,9,12-15H2,1H3,(H,26,27)/t18-,19-,20-,21-,23+/m1/s1. The van der Waals surface area contributed by atoms with Crippen molar-refractivity contribution in [3.05, 3.63) is 11.6 Å². The summed E-state index contributed by atoms with van der Waals surface area (Å²) in [7, 11) is 1.69. The van der Waals surface area contributed by atoms with Crippen molar-refractivity contribution in [1.82, 2.24) is 0 Å². The Balaban J connectivity index is 1.64. The van der Waals surface area contributed by atoms with E-state index in [1.165, 1.54) is 32.1 Å². The molecule has 3 aliphatic carbocycles. The first-order valence-corrected chi connectivity index (χ1v) is 10.8. The number of hydrogen-bond acceptors (Lipinski definition) is 4. The lowest BCUT2D eigenvalue weighted by atomic mass is 9.53. The Bertz CT molecular complexity index is 639. The molecule has 0 saturated heterocycles. The van der Waals surface area contributed by atoms with Crippen molar-refractivity contribution in [2.24, 2.45) is 17.8 Å². The van der Waals surface area contributed by atoms with E-state index in [-0.39, 0.29) is 18.3 Å². The van der Waals surface area contributed by atoms with Gasteiger partial charge < -0.3 is 20.1 Å². The summed E-state index contributed by atoms with van der Waals surface area (Å²) in [6.45, 7) is 0. The maximum Gasteiger partial charge on any atom is 0.303 e. The smallest absolute Gasteiger partial charge is 0.303 e. The Hall–Kier alpha value is -1.35. The molecule has 0 heterocycles. The number of fused-ring (bicyclic) bond motifs is 1. The van der Waals surface area contributed by atoms with Crippen LogP contribution in [0.2, 0.25) is 0 Å². The van der Waals surface area contributed by atoms with E-state index >= 15 is 0 Å². The average molecular weight is 391 g/mol. The SMILES string of the molecule is CO[C@]12CC[C@@H](O)[C@H](C#C[C@@H](O)CC3CCCCC3)[C@H]1CC2=CCCC(=O)O. The third kappa shape index (κ3) is 4.62. The van der Waals surface area contributed by atoms with Gasteiger partial charge in [-0.25, -0.2) is 0 Å². The van der Waals surface area contributed by atoms with Crippen LogP contribution in [0.5, 0.6) is 0 Å². The van der Waals surface area contributed by atoms with Crippen LogP contribution in [-0.4, -0.2) is 46.2 Å². The van der Waals surface area contributed by atoms with E-state index in [1.54, 1.807) is 7.11 Å². The highest BCUT2D eigenvalue weighted by atomic mass is 16.5. The van der Waals surface area contributed by atoms with E-state index in [0.29, 0.717) is 18.8 Å². The van der Waals surface area contributed by atoms with E-state index in [0.717, 1.165) is 24.8 Å². The fourth-order valence-electron chi connectivity index (χ4n) is 5.45. The zero-order chi connectivity index (χ0) is 20.1. The Morgan fingerprint density at radius 3 is 2.75 bits per heavy atom. The van der Waals surface area contributed by atoms with Crippen LogP contribution in [0.1, 0.15) is 70.6 Å². The molecule has 3 aliphatic rings. The molecule has 28 heavy (non-hydrogen) atoms. The number of carbonyl (C=O) groups is 1. The zero-order valence-electron chi connectivity index (χ0n) is 16.9. The number of aliphatic carboxylic acids is 1. The number of carboxylic acids is 1. The minimum atomic E-state index is -0.797. The number of aliphatic hydroxyl groups is 2. The van der Waals surface area contributed by atoms with Gasteiger partial charge in [-0.3, -0.25) is 4.79 Å². The lowest BCUT2D eigenvalue weighted by molar-refractivity contribution is -0.139. The minimum Gasteiger partial charge on any atom is -0.481 e. The van der Waals surface area contributed by atoms with Gasteiger partial charge in [-0.05, 0) is 43.6 Å². The van der Waals surface area contributed by atoms with Gasteiger partial charge in [0.25, 0.3) is 0 Å². The molecule has 0 aromatic heterocycles. The summed E-state index contributed by atoms with van der Waals surface area (Å²) in [5, 5.41) is 29.8. The molecule has 0 aliphatic heterocycles. The van der Waals surface area contributed by atoms with Crippen LogP contribution < -0.4 is 0 Å². The summed E-state index contributed by atoms with van der Waals surface area (Å²) in [5.41, 5.74) is 0.716. The van der Waals surface area contributed by atoms with Crippen molar-refractivity contribution in [2.75, 3.05) is 7.11 Å². The highest BCUT2D eigenvalue weighted by Crippen LogP contribution is 2.56. The maximum atomic E-state index is 10.8. The van der Waals surface area contributed by atoms with Gasteiger partial charge in [-0.2, -0.15) is 0 Å². The number of allylic oxidation sites excluding steroid dienone is 1. The Morgan fingerprint density at radius 2 is 2.07 bits per heavy atom. The van der Waals surface area contributed by atoms with Gasteiger partial charge in [0.1, 0.15) is 6.10 Å². The molecular formula is C23H34O5. The molecule has 3 saturated carbocycles. The highest BCUT2D eigenvalue weighted by Gasteiger charge is 2.58. The van der Waals surface area contributed by atoms with Gasteiger partial charge >= 0.3 is 5.97 Å². The molecule has 5 nitrogen and oxygen atoms in total. The second-order valence-electron chi connectivity index (χ2n) is 8.74. The topological polar surface area (TPSA) is 87.0 Å². The van der Waals surface area contributed by atoms with E-state index in [2.05, 4.69) is 11.8 Å². The quantitative estimate of drug-likeness (QED) is 0.479. The van der Waals surface area contributed by atoms with Crippen molar-refractivity contribution < 1.29 is 24.9 Å².